The Hall–Kier alpha value is -1.35. The molecule has 1 aromatic rings. The molecule has 0 aliphatic heterocycles. The second-order valence-corrected chi connectivity index (χ2v) is 5.16. The number of rotatable bonds is 8. The third-order valence-electron chi connectivity index (χ3n) is 3.78. The predicted molar refractivity (Wildman–Crippen MR) is 80.6 cm³/mol. The molecule has 1 aromatic carbocycles. The number of aryl methyl sites for hydroxylation is 1. The molecule has 0 fully saturated rings. The van der Waals surface area contributed by atoms with Crippen LogP contribution in [0.3, 0.4) is 0 Å². The Bertz CT molecular complexity index is 426. The minimum Gasteiger partial charge on any atom is -0.469 e. The van der Waals surface area contributed by atoms with E-state index in [1.54, 1.807) is 0 Å². The van der Waals surface area contributed by atoms with Crippen molar-refractivity contribution in [1.29, 1.82) is 0 Å². The number of hydrogen-bond donors (Lipinski definition) is 1. The number of methoxy groups -OCH3 is 1. The Kier molecular flexibility index (Phi) is 7.31. The quantitative estimate of drug-likeness (QED) is 0.739. The zero-order valence-electron chi connectivity index (χ0n) is 12.8. The summed E-state index contributed by atoms with van der Waals surface area (Å²) < 4.78 is 4.71. The first-order chi connectivity index (χ1) is 9.65. The van der Waals surface area contributed by atoms with Crippen LogP contribution in [0.4, 0.5) is 0 Å². The van der Waals surface area contributed by atoms with E-state index in [9.17, 15) is 9.90 Å². The summed E-state index contributed by atoms with van der Waals surface area (Å²) in [5.41, 5.74) is 3.46. The summed E-state index contributed by atoms with van der Waals surface area (Å²) in [6.07, 6.45) is 4.31. The van der Waals surface area contributed by atoms with Crippen molar-refractivity contribution in [3.8, 4) is 0 Å². The van der Waals surface area contributed by atoms with Crippen molar-refractivity contribution in [2.24, 2.45) is 0 Å². The average molecular weight is 278 g/mol. The first kappa shape index (κ1) is 16.7. The minimum absolute atomic E-state index is 0.0520. The van der Waals surface area contributed by atoms with Crippen LogP contribution in [0.2, 0.25) is 0 Å². The fraction of sp³-hybridized carbons (Fsp3) is 0.588. The number of benzene rings is 1. The van der Waals surface area contributed by atoms with Gasteiger partial charge < -0.3 is 9.84 Å². The molecule has 20 heavy (non-hydrogen) atoms. The van der Waals surface area contributed by atoms with Gasteiger partial charge in [-0.05, 0) is 41.9 Å². The highest BCUT2D eigenvalue weighted by Crippen LogP contribution is 2.29. The Morgan fingerprint density at radius 2 is 2.10 bits per heavy atom. The summed E-state index contributed by atoms with van der Waals surface area (Å²) in [6.45, 7) is 4.33. The highest BCUT2D eigenvalue weighted by Gasteiger charge is 2.16. The molecule has 3 heteroatoms. The van der Waals surface area contributed by atoms with Gasteiger partial charge in [0, 0.05) is 6.42 Å². The van der Waals surface area contributed by atoms with Gasteiger partial charge in [0.05, 0.1) is 13.7 Å². The van der Waals surface area contributed by atoms with E-state index in [4.69, 9.17) is 4.74 Å². The number of ether oxygens (including phenoxy) is 1. The number of carbonyl (C=O) groups excluding carboxylic acids is 1. The Balaban J connectivity index is 2.92. The first-order valence-electron chi connectivity index (χ1n) is 7.45. The van der Waals surface area contributed by atoms with Crippen molar-refractivity contribution in [1.82, 2.24) is 0 Å². The summed E-state index contributed by atoms with van der Waals surface area (Å²) in [7, 11) is 1.42. The number of hydrogen-bond acceptors (Lipinski definition) is 3. The summed E-state index contributed by atoms with van der Waals surface area (Å²) in [5, 5.41) is 9.52. The zero-order valence-corrected chi connectivity index (χ0v) is 12.8. The number of aliphatic hydroxyl groups excluding tert-OH is 1. The molecule has 1 rings (SSSR count). The standard InChI is InChI=1S/C17H26O3/c1-4-6-13-7-8-15(12-18)16(11-13)14(5-2)9-10-17(19)20-3/h7-8,11,14,18H,4-6,9-10,12H2,1-3H3. The second kappa shape index (κ2) is 8.75. The lowest BCUT2D eigenvalue weighted by atomic mass is 9.87. The van der Waals surface area contributed by atoms with E-state index in [1.807, 2.05) is 6.07 Å². The molecule has 0 aromatic heterocycles. The van der Waals surface area contributed by atoms with E-state index in [2.05, 4.69) is 26.0 Å². The molecular weight excluding hydrogens is 252 g/mol. The molecule has 0 aliphatic carbocycles. The average Bonchev–Trinajstić information content (AvgIpc) is 2.48. The van der Waals surface area contributed by atoms with Gasteiger partial charge in [0.1, 0.15) is 0 Å². The topological polar surface area (TPSA) is 46.5 Å². The molecule has 0 amide bonds. The van der Waals surface area contributed by atoms with Gasteiger partial charge in [-0.3, -0.25) is 4.79 Å². The maximum absolute atomic E-state index is 11.3. The largest absolute Gasteiger partial charge is 0.469 e. The van der Waals surface area contributed by atoms with Crippen molar-refractivity contribution in [2.45, 2.75) is 58.5 Å². The maximum atomic E-state index is 11.3. The van der Waals surface area contributed by atoms with Crippen molar-refractivity contribution >= 4 is 5.97 Å². The van der Waals surface area contributed by atoms with Crippen LogP contribution in [0.5, 0.6) is 0 Å². The Morgan fingerprint density at radius 3 is 2.65 bits per heavy atom. The smallest absolute Gasteiger partial charge is 0.305 e. The molecule has 112 valence electrons. The van der Waals surface area contributed by atoms with Crippen LogP contribution in [-0.4, -0.2) is 18.2 Å². The highest BCUT2D eigenvalue weighted by atomic mass is 16.5. The van der Waals surface area contributed by atoms with E-state index < -0.39 is 0 Å². The SMILES string of the molecule is CCCc1ccc(CO)c(C(CC)CCC(=O)OC)c1. The van der Waals surface area contributed by atoms with Gasteiger partial charge in [0.25, 0.3) is 0 Å². The molecule has 0 heterocycles. The molecule has 0 radical (unpaired) electrons. The van der Waals surface area contributed by atoms with Crippen molar-refractivity contribution in [3.05, 3.63) is 34.9 Å². The Labute approximate surface area is 122 Å². The van der Waals surface area contributed by atoms with Gasteiger partial charge in [-0.25, -0.2) is 0 Å². The van der Waals surface area contributed by atoms with Gasteiger partial charge >= 0.3 is 5.97 Å². The van der Waals surface area contributed by atoms with E-state index in [0.29, 0.717) is 12.3 Å². The summed E-state index contributed by atoms with van der Waals surface area (Å²) >= 11 is 0. The van der Waals surface area contributed by atoms with Crippen LogP contribution in [0.25, 0.3) is 0 Å². The molecule has 1 unspecified atom stereocenters. The number of carbonyl (C=O) groups is 1. The van der Waals surface area contributed by atoms with Crippen LogP contribution >= 0.6 is 0 Å². The predicted octanol–water partition coefficient (Wildman–Crippen LogP) is 3.58. The van der Waals surface area contributed by atoms with E-state index >= 15 is 0 Å². The van der Waals surface area contributed by atoms with E-state index in [0.717, 1.165) is 31.2 Å². The van der Waals surface area contributed by atoms with Crippen LogP contribution in [0.1, 0.15) is 62.1 Å². The fourth-order valence-electron chi connectivity index (χ4n) is 2.59. The summed E-state index contributed by atoms with van der Waals surface area (Å²) in [6, 6.07) is 6.30. The maximum Gasteiger partial charge on any atom is 0.305 e. The number of aliphatic hydroxyl groups is 1. The normalized spacial score (nSPS) is 12.2. The molecule has 0 aliphatic rings. The van der Waals surface area contributed by atoms with Crippen molar-refractivity contribution in [2.75, 3.05) is 7.11 Å². The van der Waals surface area contributed by atoms with Gasteiger partial charge in [-0.2, -0.15) is 0 Å². The lowest BCUT2D eigenvalue weighted by Crippen LogP contribution is -2.08. The summed E-state index contributed by atoms with van der Waals surface area (Å²) in [5.74, 6) is 0.131. The third kappa shape index (κ3) is 4.64. The zero-order chi connectivity index (χ0) is 15.0. The number of esters is 1. The van der Waals surface area contributed by atoms with E-state index in [1.165, 1.54) is 18.2 Å². The molecule has 3 nitrogen and oxygen atoms in total. The van der Waals surface area contributed by atoms with Crippen LogP contribution < -0.4 is 0 Å². The summed E-state index contributed by atoms with van der Waals surface area (Å²) in [4.78, 5) is 11.3. The van der Waals surface area contributed by atoms with Gasteiger partial charge in [0.15, 0.2) is 0 Å². The monoisotopic (exact) mass is 278 g/mol. The van der Waals surface area contributed by atoms with Crippen LogP contribution in [0.15, 0.2) is 18.2 Å². The van der Waals surface area contributed by atoms with E-state index in [-0.39, 0.29) is 12.6 Å². The Morgan fingerprint density at radius 1 is 1.35 bits per heavy atom. The lowest BCUT2D eigenvalue weighted by molar-refractivity contribution is -0.140. The highest BCUT2D eigenvalue weighted by molar-refractivity contribution is 5.69. The molecule has 1 N–H and O–H groups in total. The van der Waals surface area contributed by atoms with Gasteiger partial charge in [-0.1, -0.05) is 38.5 Å². The fourth-order valence-corrected chi connectivity index (χ4v) is 2.59. The molecule has 0 saturated heterocycles. The third-order valence-corrected chi connectivity index (χ3v) is 3.78. The molecule has 1 atom stereocenters. The van der Waals surface area contributed by atoms with Gasteiger partial charge in [0.2, 0.25) is 0 Å². The van der Waals surface area contributed by atoms with Crippen LogP contribution in [0, 0.1) is 0 Å². The minimum atomic E-state index is -0.168. The molecular formula is C17H26O3. The van der Waals surface area contributed by atoms with Crippen LogP contribution in [-0.2, 0) is 22.6 Å². The first-order valence-corrected chi connectivity index (χ1v) is 7.45. The van der Waals surface area contributed by atoms with Crippen molar-refractivity contribution < 1.29 is 14.6 Å². The second-order valence-electron chi connectivity index (χ2n) is 5.16. The van der Waals surface area contributed by atoms with Crippen molar-refractivity contribution in [3.63, 3.8) is 0 Å². The lowest BCUT2D eigenvalue weighted by Gasteiger charge is -2.19. The molecule has 0 saturated carbocycles. The van der Waals surface area contributed by atoms with Gasteiger partial charge in [-0.15, -0.1) is 0 Å². The molecule has 0 bridgehead atoms. The molecule has 0 spiro atoms.